The van der Waals surface area contributed by atoms with Gasteiger partial charge in [0.1, 0.15) is 0 Å². The minimum absolute atomic E-state index is 0.203. The number of carbonyl (C=O) groups is 1. The van der Waals surface area contributed by atoms with Gasteiger partial charge in [-0.25, -0.2) is 0 Å². The molecule has 0 radical (unpaired) electrons. The Hall–Kier alpha value is -0.570. The van der Waals surface area contributed by atoms with E-state index in [2.05, 4.69) is 19.2 Å². The van der Waals surface area contributed by atoms with Crippen molar-refractivity contribution >= 4 is 5.91 Å². The fourth-order valence-electron chi connectivity index (χ4n) is 1.62. The van der Waals surface area contributed by atoms with Crippen molar-refractivity contribution in [3.8, 4) is 0 Å². The van der Waals surface area contributed by atoms with Gasteiger partial charge in [-0.2, -0.15) is 0 Å². The van der Waals surface area contributed by atoms with Gasteiger partial charge in [0.25, 0.3) is 0 Å². The van der Waals surface area contributed by atoms with E-state index in [1.54, 1.807) is 0 Å². The SMILES string of the molecule is CCCCC(CC)NC(C)CC(N)=O. The molecule has 0 aromatic heterocycles. The Balaban J connectivity index is 3.73. The molecule has 3 N–H and O–H groups in total. The minimum Gasteiger partial charge on any atom is -0.370 e. The van der Waals surface area contributed by atoms with Crippen LogP contribution in [0.1, 0.15) is 52.9 Å². The molecule has 2 unspecified atom stereocenters. The second-order valence-electron chi connectivity index (χ2n) is 3.99. The van der Waals surface area contributed by atoms with Crippen LogP contribution >= 0.6 is 0 Å². The highest BCUT2D eigenvalue weighted by atomic mass is 16.1. The number of hydrogen-bond acceptors (Lipinski definition) is 2. The van der Waals surface area contributed by atoms with Crippen molar-refractivity contribution in [2.45, 2.75) is 65.0 Å². The molecule has 1 amide bonds. The summed E-state index contributed by atoms with van der Waals surface area (Å²) in [4.78, 5) is 10.7. The second-order valence-corrected chi connectivity index (χ2v) is 3.99. The van der Waals surface area contributed by atoms with Gasteiger partial charge in [-0.15, -0.1) is 0 Å². The number of primary amides is 1. The van der Waals surface area contributed by atoms with E-state index in [9.17, 15) is 4.79 Å². The van der Waals surface area contributed by atoms with Crippen LogP contribution in [-0.2, 0) is 4.79 Å². The first-order chi connectivity index (χ1) is 6.60. The lowest BCUT2D eigenvalue weighted by atomic mass is 10.1. The van der Waals surface area contributed by atoms with Crippen molar-refractivity contribution in [1.82, 2.24) is 5.32 Å². The molecule has 0 aliphatic heterocycles. The van der Waals surface area contributed by atoms with Gasteiger partial charge in [-0.05, 0) is 19.8 Å². The lowest BCUT2D eigenvalue weighted by molar-refractivity contribution is -0.118. The molecule has 84 valence electrons. The van der Waals surface area contributed by atoms with Crippen LogP contribution in [0.2, 0.25) is 0 Å². The third-order valence-electron chi connectivity index (χ3n) is 2.43. The molecule has 0 saturated carbocycles. The quantitative estimate of drug-likeness (QED) is 0.628. The number of amides is 1. The van der Waals surface area contributed by atoms with Gasteiger partial charge in [-0.1, -0.05) is 26.7 Å². The largest absolute Gasteiger partial charge is 0.370 e. The second kappa shape index (κ2) is 7.80. The average molecular weight is 200 g/mol. The van der Waals surface area contributed by atoms with Crippen molar-refractivity contribution in [3.05, 3.63) is 0 Å². The molecule has 0 aromatic rings. The van der Waals surface area contributed by atoms with Gasteiger partial charge < -0.3 is 11.1 Å². The molecule has 0 aliphatic rings. The molecule has 0 fully saturated rings. The van der Waals surface area contributed by atoms with Gasteiger partial charge in [-0.3, -0.25) is 4.79 Å². The van der Waals surface area contributed by atoms with Gasteiger partial charge in [0, 0.05) is 18.5 Å². The zero-order valence-corrected chi connectivity index (χ0v) is 9.68. The van der Waals surface area contributed by atoms with Gasteiger partial charge in [0.15, 0.2) is 0 Å². The van der Waals surface area contributed by atoms with E-state index in [0.29, 0.717) is 12.5 Å². The van der Waals surface area contributed by atoms with E-state index in [1.807, 2.05) is 6.92 Å². The zero-order valence-electron chi connectivity index (χ0n) is 9.68. The summed E-state index contributed by atoms with van der Waals surface area (Å²) in [6.45, 7) is 6.38. The summed E-state index contributed by atoms with van der Waals surface area (Å²) in [6, 6.07) is 0.735. The van der Waals surface area contributed by atoms with Crippen LogP contribution in [0, 0.1) is 0 Å². The molecule has 0 bridgehead atoms. The van der Waals surface area contributed by atoms with Gasteiger partial charge in [0.2, 0.25) is 5.91 Å². The molecule has 0 heterocycles. The molecule has 0 aromatic carbocycles. The number of nitrogens with one attached hydrogen (secondary N) is 1. The van der Waals surface area contributed by atoms with Crippen molar-refractivity contribution in [2.75, 3.05) is 0 Å². The first-order valence-electron chi connectivity index (χ1n) is 5.64. The zero-order chi connectivity index (χ0) is 11.0. The Kier molecular flexibility index (Phi) is 7.48. The summed E-state index contributed by atoms with van der Waals surface area (Å²) in [5, 5.41) is 3.43. The smallest absolute Gasteiger partial charge is 0.218 e. The van der Waals surface area contributed by atoms with Gasteiger partial charge >= 0.3 is 0 Å². The van der Waals surface area contributed by atoms with E-state index >= 15 is 0 Å². The summed E-state index contributed by atoms with van der Waals surface area (Å²) in [5.41, 5.74) is 5.13. The van der Waals surface area contributed by atoms with E-state index in [0.717, 1.165) is 6.42 Å². The number of nitrogens with two attached hydrogens (primary N) is 1. The molecule has 0 spiro atoms. The van der Waals surface area contributed by atoms with E-state index < -0.39 is 0 Å². The predicted molar refractivity (Wildman–Crippen MR) is 60.0 cm³/mol. The Morgan fingerprint density at radius 1 is 1.43 bits per heavy atom. The average Bonchev–Trinajstić information content (AvgIpc) is 2.10. The number of unbranched alkanes of at least 4 members (excludes halogenated alkanes) is 1. The summed E-state index contributed by atoms with van der Waals surface area (Å²) >= 11 is 0. The molecular weight excluding hydrogens is 176 g/mol. The number of carbonyl (C=O) groups excluding carboxylic acids is 1. The Morgan fingerprint density at radius 2 is 2.07 bits per heavy atom. The number of rotatable bonds is 8. The van der Waals surface area contributed by atoms with Crippen LogP contribution in [0.15, 0.2) is 0 Å². The van der Waals surface area contributed by atoms with Crippen LogP contribution < -0.4 is 11.1 Å². The summed E-state index contributed by atoms with van der Waals surface area (Å²) in [6.07, 6.45) is 5.21. The van der Waals surface area contributed by atoms with E-state index in [4.69, 9.17) is 5.73 Å². The maximum atomic E-state index is 10.7. The first kappa shape index (κ1) is 13.4. The molecule has 3 nitrogen and oxygen atoms in total. The molecule has 0 rings (SSSR count). The third-order valence-corrected chi connectivity index (χ3v) is 2.43. The van der Waals surface area contributed by atoms with E-state index in [-0.39, 0.29) is 11.9 Å². The van der Waals surface area contributed by atoms with Crippen LogP contribution in [-0.4, -0.2) is 18.0 Å². The van der Waals surface area contributed by atoms with Crippen molar-refractivity contribution in [1.29, 1.82) is 0 Å². The normalized spacial score (nSPS) is 15.1. The maximum Gasteiger partial charge on any atom is 0.218 e. The van der Waals surface area contributed by atoms with Crippen molar-refractivity contribution < 1.29 is 4.79 Å². The molecule has 0 saturated heterocycles. The molecule has 0 aliphatic carbocycles. The molecular formula is C11H24N2O. The molecule has 14 heavy (non-hydrogen) atoms. The predicted octanol–water partition coefficient (Wildman–Crippen LogP) is 1.81. The fraction of sp³-hybridized carbons (Fsp3) is 0.909. The van der Waals surface area contributed by atoms with Gasteiger partial charge in [0.05, 0.1) is 0 Å². The minimum atomic E-state index is -0.227. The number of hydrogen-bond donors (Lipinski definition) is 2. The van der Waals surface area contributed by atoms with E-state index in [1.165, 1.54) is 19.3 Å². The van der Waals surface area contributed by atoms with Crippen LogP contribution in [0.25, 0.3) is 0 Å². The first-order valence-corrected chi connectivity index (χ1v) is 5.64. The summed E-state index contributed by atoms with van der Waals surface area (Å²) < 4.78 is 0. The van der Waals surface area contributed by atoms with Crippen molar-refractivity contribution in [2.24, 2.45) is 5.73 Å². The Morgan fingerprint density at radius 3 is 2.50 bits per heavy atom. The monoisotopic (exact) mass is 200 g/mol. The summed E-state index contributed by atoms with van der Waals surface area (Å²) in [7, 11) is 0. The highest BCUT2D eigenvalue weighted by Gasteiger charge is 2.11. The molecule has 3 heteroatoms. The summed E-state index contributed by atoms with van der Waals surface area (Å²) in [5.74, 6) is -0.227. The van der Waals surface area contributed by atoms with Crippen LogP contribution in [0.3, 0.4) is 0 Å². The third kappa shape index (κ3) is 6.89. The Labute approximate surface area is 87.4 Å². The fourth-order valence-corrected chi connectivity index (χ4v) is 1.62. The van der Waals surface area contributed by atoms with Crippen LogP contribution in [0.5, 0.6) is 0 Å². The Bertz CT molecular complexity index is 159. The lowest BCUT2D eigenvalue weighted by Gasteiger charge is -2.21. The highest BCUT2D eigenvalue weighted by Crippen LogP contribution is 2.05. The lowest BCUT2D eigenvalue weighted by Crippen LogP contribution is -2.38. The molecule has 2 atom stereocenters. The standard InChI is InChI=1S/C11H24N2O/c1-4-6-7-10(5-2)13-9(3)8-11(12)14/h9-10,13H,4-8H2,1-3H3,(H2,12,14). The maximum absolute atomic E-state index is 10.7. The van der Waals surface area contributed by atoms with Crippen molar-refractivity contribution in [3.63, 3.8) is 0 Å². The highest BCUT2D eigenvalue weighted by molar-refractivity contribution is 5.74. The topological polar surface area (TPSA) is 55.1 Å². The van der Waals surface area contributed by atoms with Crippen LogP contribution in [0.4, 0.5) is 0 Å².